The Morgan fingerprint density at radius 2 is 0.917 bits per heavy atom. The molecule has 0 aliphatic heterocycles. The third kappa shape index (κ3) is 18.1. The number of aromatic nitrogens is 8. The molecule has 8 atom stereocenters. The molecular weight excluding hydrogens is 793 g/mol. The van der Waals surface area contributed by atoms with Gasteiger partial charge in [-0.2, -0.15) is 32.7 Å². The van der Waals surface area contributed by atoms with E-state index in [1.165, 1.54) is 12.8 Å². The minimum Gasteiger partial charge on any atom is -0.474 e. The van der Waals surface area contributed by atoms with Crippen LogP contribution in [0, 0.1) is 23.7 Å². The van der Waals surface area contributed by atoms with Crippen molar-refractivity contribution in [2.45, 2.75) is 137 Å². The summed E-state index contributed by atoms with van der Waals surface area (Å²) in [7, 11) is 0. The minimum atomic E-state index is -4.64. The maximum atomic E-state index is 11.7. The van der Waals surface area contributed by atoms with Crippen LogP contribution in [-0.4, -0.2) is 100 Å². The Morgan fingerprint density at radius 1 is 0.617 bits per heavy atom. The molecule has 0 amide bonds. The highest BCUT2D eigenvalue weighted by atomic mass is 19.4. The smallest absolute Gasteiger partial charge is 0.446 e. The Balaban J connectivity index is 0.000000173. The number of nitrogens with one attached hydrogen (secondary N) is 2. The highest BCUT2D eigenvalue weighted by Crippen LogP contribution is 2.35. The molecule has 4 heterocycles. The predicted molar refractivity (Wildman–Crippen MR) is 210 cm³/mol. The average Bonchev–Trinajstić information content (AvgIpc) is 4.00. The first-order valence-corrected chi connectivity index (χ1v) is 19.7. The third-order valence-corrected chi connectivity index (χ3v) is 8.62. The summed E-state index contributed by atoms with van der Waals surface area (Å²) in [5.41, 5.74) is -1.04. The molecule has 0 spiro atoms. The van der Waals surface area contributed by atoms with Gasteiger partial charge in [0.05, 0.1) is 12.4 Å². The number of rotatable bonds is 8. The van der Waals surface area contributed by atoms with Gasteiger partial charge in [-0.15, -0.1) is 10.2 Å². The van der Waals surface area contributed by atoms with Crippen LogP contribution in [0.15, 0.2) is 49.1 Å². The van der Waals surface area contributed by atoms with Crippen molar-refractivity contribution in [3.63, 3.8) is 0 Å². The van der Waals surface area contributed by atoms with Gasteiger partial charge in [0.2, 0.25) is 29.8 Å². The normalized spacial score (nSPS) is 24.4. The monoisotopic (exact) mass is 850 g/mol. The van der Waals surface area contributed by atoms with E-state index in [4.69, 9.17) is 33.2 Å². The van der Waals surface area contributed by atoms with Crippen molar-refractivity contribution >= 4 is 18.5 Å². The second kappa shape index (κ2) is 20.1. The second-order valence-corrected chi connectivity index (χ2v) is 17.1. The first-order valence-electron chi connectivity index (χ1n) is 19.7. The molecule has 0 bridgehead atoms. The molecule has 4 saturated carbocycles. The summed E-state index contributed by atoms with van der Waals surface area (Å²) in [6.45, 7) is 19.5. The SMILES string of the molecule is C[C@@H]1C[C@@H]1Oc1ccn(C(=O)OC(C)(C)C)n1.C[C@@H]1C[C@@H]1Oc1ccn[nH]1.C[C@H]1C[C@H]1Oc1ccn(C(=O)OC(C)(C)C)n1.C[C@H]1C[C@H]1Oc1ccn[nH]1.O=CC(F)(F)F. The van der Waals surface area contributed by atoms with Crippen LogP contribution >= 0.6 is 0 Å². The fourth-order valence-electron chi connectivity index (χ4n) is 4.62. The lowest BCUT2D eigenvalue weighted by atomic mass is 10.2. The Bertz CT molecular complexity index is 1790. The molecule has 0 aromatic carbocycles. The van der Waals surface area contributed by atoms with Gasteiger partial charge in [0, 0.05) is 36.7 Å². The van der Waals surface area contributed by atoms with E-state index in [0.717, 1.165) is 45.8 Å². The topological polar surface area (TPSA) is 200 Å². The second-order valence-electron chi connectivity index (χ2n) is 17.1. The largest absolute Gasteiger partial charge is 0.474 e. The standard InChI is InChI=1S/2C12H18N2O3.2C7H10N2O.C2HF3O/c2*1-8-7-9(8)16-10-5-6-14(13-10)11(15)17-12(2,3)4;2*1-5-4-6(5)10-7-2-3-8-9-7;3-2(4,5)1-6/h2*5-6,8-9H,7H2,1-4H3;2*2-3,5-6H,4H2,1H3,(H,8,9);1H/t2*8-,9+;2*5-,6+;/m1010./s1. The molecule has 4 aromatic heterocycles. The quantitative estimate of drug-likeness (QED) is 0.162. The Hall–Kier alpha value is -5.56. The average molecular weight is 851 g/mol. The number of carbonyl (C=O) groups excluding carboxylic acids is 3. The van der Waals surface area contributed by atoms with Crippen molar-refractivity contribution in [1.29, 1.82) is 0 Å². The molecule has 4 aliphatic carbocycles. The fraction of sp³-hybridized carbons (Fsp3) is 0.625. The van der Waals surface area contributed by atoms with Gasteiger partial charge in [0.15, 0.2) is 0 Å². The number of ether oxygens (including phenoxy) is 6. The van der Waals surface area contributed by atoms with Crippen LogP contribution in [0.5, 0.6) is 23.5 Å². The van der Waals surface area contributed by atoms with Crippen molar-refractivity contribution in [2.75, 3.05) is 0 Å². The van der Waals surface area contributed by atoms with E-state index in [1.807, 2.05) is 53.7 Å². The Morgan fingerprint density at radius 3 is 1.15 bits per heavy atom. The van der Waals surface area contributed by atoms with Crippen LogP contribution in [0.25, 0.3) is 0 Å². The zero-order valence-corrected chi connectivity index (χ0v) is 35.6. The Labute approximate surface area is 346 Å². The van der Waals surface area contributed by atoms with Crippen molar-refractivity contribution in [1.82, 2.24) is 40.0 Å². The summed E-state index contributed by atoms with van der Waals surface area (Å²) in [6.07, 6.45) is 5.64. The van der Waals surface area contributed by atoms with Gasteiger partial charge in [0.25, 0.3) is 0 Å². The van der Waals surface area contributed by atoms with Crippen molar-refractivity contribution in [3.05, 3.63) is 49.1 Å². The van der Waals surface area contributed by atoms with Crippen LogP contribution in [0.2, 0.25) is 0 Å². The number of alkyl halides is 3. The van der Waals surface area contributed by atoms with E-state index in [0.29, 0.717) is 35.8 Å². The van der Waals surface area contributed by atoms with E-state index >= 15 is 0 Å². The molecule has 0 radical (unpaired) electrons. The molecule has 332 valence electrons. The molecule has 20 heteroatoms. The number of aldehydes is 1. The van der Waals surface area contributed by atoms with Gasteiger partial charge in [0.1, 0.15) is 35.6 Å². The molecule has 0 saturated heterocycles. The van der Waals surface area contributed by atoms with Crippen molar-refractivity contribution in [3.8, 4) is 23.5 Å². The Kier molecular flexibility index (Phi) is 15.8. The highest BCUT2D eigenvalue weighted by molar-refractivity contribution is 5.70. The van der Waals surface area contributed by atoms with Gasteiger partial charge < -0.3 is 28.4 Å². The van der Waals surface area contributed by atoms with Crippen LogP contribution < -0.4 is 18.9 Å². The summed E-state index contributed by atoms with van der Waals surface area (Å²) >= 11 is 0. The lowest BCUT2D eigenvalue weighted by Crippen LogP contribution is -2.27. The van der Waals surface area contributed by atoms with Crippen LogP contribution in [0.4, 0.5) is 22.8 Å². The lowest BCUT2D eigenvalue weighted by Gasteiger charge is -2.18. The fourth-order valence-corrected chi connectivity index (χ4v) is 4.62. The van der Waals surface area contributed by atoms with E-state index in [-0.39, 0.29) is 12.2 Å². The van der Waals surface area contributed by atoms with Gasteiger partial charge >= 0.3 is 18.4 Å². The van der Waals surface area contributed by atoms with E-state index in [2.05, 4.69) is 58.3 Å². The van der Waals surface area contributed by atoms with Gasteiger partial charge in [-0.25, -0.2) is 19.8 Å². The maximum Gasteiger partial charge on any atom is 0.446 e. The third-order valence-electron chi connectivity index (χ3n) is 8.62. The molecule has 4 fully saturated rings. The number of halogens is 3. The number of H-pyrrole nitrogens is 2. The van der Waals surface area contributed by atoms with Crippen LogP contribution in [0.1, 0.15) is 94.9 Å². The number of aromatic amines is 2. The number of hydrogen-bond acceptors (Lipinski definition) is 13. The lowest BCUT2D eigenvalue weighted by molar-refractivity contribution is -0.156. The first-order chi connectivity index (χ1) is 28.0. The van der Waals surface area contributed by atoms with Crippen LogP contribution in [-0.2, 0) is 14.3 Å². The van der Waals surface area contributed by atoms with Crippen molar-refractivity contribution in [2.24, 2.45) is 23.7 Å². The predicted octanol–water partition coefficient (Wildman–Crippen LogP) is 8.05. The summed E-state index contributed by atoms with van der Waals surface area (Å²) in [6, 6.07) is 7.03. The first kappa shape index (κ1) is 47.1. The molecule has 8 rings (SSSR count). The summed E-state index contributed by atoms with van der Waals surface area (Å²) < 4.78 is 66.0. The van der Waals surface area contributed by atoms with Gasteiger partial charge in [-0.3, -0.25) is 4.79 Å². The van der Waals surface area contributed by atoms with Crippen molar-refractivity contribution < 1.29 is 56.0 Å². The zero-order valence-electron chi connectivity index (χ0n) is 35.6. The van der Waals surface area contributed by atoms with E-state index < -0.39 is 35.9 Å². The molecule has 0 unspecified atom stereocenters. The summed E-state index contributed by atoms with van der Waals surface area (Å²) in [5, 5.41) is 21.1. The molecule has 60 heavy (non-hydrogen) atoms. The molecule has 2 N–H and O–H groups in total. The summed E-state index contributed by atoms with van der Waals surface area (Å²) in [5.74, 6) is 5.15. The highest BCUT2D eigenvalue weighted by Gasteiger charge is 2.37. The molecule has 17 nitrogen and oxygen atoms in total. The van der Waals surface area contributed by atoms with E-state index in [9.17, 15) is 22.8 Å². The van der Waals surface area contributed by atoms with E-state index in [1.54, 1.807) is 36.9 Å². The van der Waals surface area contributed by atoms with Gasteiger partial charge in [-0.1, -0.05) is 27.7 Å². The number of nitrogens with zero attached hydrogens (tertiary/aromatic N) is 6. The number of carbonyl (C=O) groups is 3. The molecule has 4 aliphatic rings. The zero-order chi connectivity index (χ0) is 44.4. The molecular formula is C40H57F3N8O9. The number of hydrogen-bond donors (Lipinski definition) is 2. The molecule has 4 aromatic rings. The van der Waals surface area contributed by atoms with Crippen LogP contribution in [0.3, 0.4) is 0 Å². The summed E-state index contributed by atoms with van der Waals surface area (Å²) in [4.78, 5) is 32.0. The minimum absolute atomic E-state index is 0.247. The maximum absolute atomic E-state index is 11.7. The van der Waals surface area contributed by atoms with Gasteiger partial charge in [-0.05, 0) is 90.9 Å².